The average molecular weight is 400 g/mol. The number of hydrogen-bond acceptors (Lipinski definition) is 6. The fraction of sp³-hybridized carbons (Fsp3) is 0.450. The first-order valence-electron chi connectivity index (χ1n) is 9.87. The van der Waals surface area contributed by atoms with Crippen molar-refractivity contribution in [3.8, 4) is 0 Å². The van der Waals surface area contributed by atoms with Gasteiger partial charge in [0.15, 0.2) is 17.0 Å². The molecule has 0 spiro atoms. The van der Waals surface area contributed by atoms with Gasteiger partial charge in [-0.2, -0.15) is 9.97 Å². The van der Waals surface area contributed by atoms with Gasteiger partial charge in [0.2, 0.25) is 5.95 Å². The minimum absolute atomic E-state index is 0.134. The Labute approximate surface area is 169 Å². The van der Waals surface area contributed by atoms with Gasteiger partial charge in [-0.05, 0) is 37.5 Å². The molecule has 2 atom stereocenters. The van der Waals surface area contributed by atoms with Gasteiger partial charge in [0.25, 0.3) is 0 Å². The van der Waals surface area contributed by atoms with Crippen molar-refractivity contribution in [3.05, 3.63) is 41.2 Å². The number of nitrogens with one attached hydrogen (secondary N) is 2. The van der Waals surface area contributed by atoms with E-state index in [0.29, 0.717) is 12.5 Å². The predicted octanol–water partition coefficient (Wildman–Crippen LogP) is 3.79. The molecule has 0 aliphatic heterocycles. The SMILES string of the molecule is CCn1cnc2c(NCc3ccc(Cl)cc3)nc(N[C@H]3CCCC[C@H]3N)nc21. The van der Waals surface area contributed by atoms with Gasteiger partial charge in [-0.3, -0.25) is 0 Å². The number of fused-ring (bicyclic) bond motifs is 1. The Morgan fingerprint density at radius 2 is 1.96 bits per heavy atom. The van der Waals surface area contributed by atoms with Crippen LogP contribution in [0.1, 0.15) is 38.2 Å². The average Bonchev–Trinajstić information content (AvgIpc) is 3.12. The maximum atomic E-state index is 6.30. The van der Waals surface area contributed by atoms with Gasteiger partial charge in [-0.25, -0.2) is 4.98 Å². The number of aromatic nitrogens is 4. The van der Waals surface area contributed by atoms with Crippen molar-refractivity contribution in [2.24, 2.45) is 5.73 Å². The summed E-state index contributed by atoms with van der Waals surface area (Å²) in [5.41, 5.74) is 9.01. The summed E-state index contributed by atoms with van der Waals surface area (Å²) in [7, 11) is 0. The highest BCUT2D eigenvalue weighted by molar-refractivity contribution is 6.30. The minimum Gasteiger partial charge on any atom is -0.364 e. The van der Waals surface area contributed by atoms with Crippen LogP contribution in [0.15, 0.2) is 30.6 Å². The van der Waals surface area contributed by atoms with E-state index in [1.165, 1.54) is 12.8 Å². The summed E-state index contributed by atoms with van der Waals surface area (Å²) < 4.78 is 2.02. The second-order valence-corrected chi connectivity index (χ2v) is 7.71. The molecule has 0 radical (unpaired) electrons. The van der Waals surface area contributed by atoms with Crippen LogP contribution in [0.3, 0.4) is 0 Å². The molecule has 8 heteroatoms. The summed E-state index contributed by atoms with van der Waals surface area (Å²) >= 11 is 5.98. The predicted molar refractivity (Wildman–Crippen MR) is 114 cm³/mol. The molecule has 1 aliphatic rings. The topological polar surface area (TPSA) is 93.7 Å². The van der Waals surface area contributed by atoms with Crippen LogP contribution in [0.4, 0.5) is 11.8 Å². The molecule has 1 aromatic carbocycles. The largest absolute Gasteiger partial charge is 0.364 e. The fourth-order valence-electron chi connectivity index (χ4n) is 3.66. The molecule has 28 heavy (non-hydrogen) atoms. The van der Waals surface area contributed by atoms with E-state index in [2.05, 4.69) is 22.5 Å². The van der Waals surface area contributed by atoms with Crippen molar-refractivity contribution < 1.29 is 0 Å². The van der Waals surface area contributed by atoms with Crippen molar-refractivity contribution in [1.82, 2.24) is 19.5 Å². The van der Waals surface area contributed by atoms with Gasteiger partial charge in [-0.1, -0.05) is 36.6 Å². The van der Waals surface area contributed by atoms with Crippen LogP contribution in [0.2, 0.25) is 5.02 Å². The van der Waals surface area contributed by atoms with E-state index in [1.807, 2.05) is 35.2 Å². The highest BCUT2D eigenvalue weighted by atomic mass is 35.5. The molecule has 2 aromatic heterocycles. The van der Waals surface area contributed by atoms with Crippen LogP contribution in [0.5, 0.6) is 0 Å². The molecule has 1 saturated carbocycles. The van der Waals surface area contributed by atoms with Crippen molar-refractivity contribution in [3.63, 3.8) is 0 Å². The van der Waals surface area contributed by atoms with Gasteiger partial charge < -0.3 is 20.9 Å². The summed E-state index contributed by atoms with van der Waals surface area (Å²) in [6.45, 7) is 3.51. The van der Waals surface area contributed by atoms with Crippen molar-refractivity contribution in [2.75, 3.05) is 10.6 Å². The standard InChI is InChI=1S/C20H26ClN7/c1-2-28-12-24-17-18(23-11-13-7-9-14(21)10-8-13)26-20(27-19(17)28)25-16-6-4-3-5-15(16)22/h7-10,12,15-16H,2-6,11,22H2,1H3,(H2,23,25,26,27)/t15-,16+/m1/s1. The molecule has 0 amide bonds. The maximum absolute atomic E-state index is 6.30. The van der Waals surface area contributed by atoms with Crippen LogP contribution in [0, 0.1) is 0 Å². The molecule has 0 unspecified atom stereocenters. The summed E-state index contributed by atoms with van der Waals surface area (Å²) in [5, 5.41) is 7.60. The van der Waals surface area contributed by atoms with Crippen LogP contribution >= 0.6 is 11.6 Å². The minimum atomic E-state index is 0.134. The zero-order valence-electron chi connectivity index (χ0n) is 16.0. The van der Waals surface area contributed by atoms with E-state index in [1.54, 1.807) is 0 Å². The van der Waals surface area contributed by atoms with Crippen LogP contribution < -0.4 is 16.4 Å². The van der Waals surface area contributed by atoms with Crippen molar-refractivity contribution in [1.29, 1.82) is 0 Å². The van der Waals surface area contributed by atoms with Gasteiger partial charge in [-0.15, -0.1) is 0 Å². The number of hydrogen-bond donors (Lipinski definition) is 3. The van der Waals surface area contributed by atoms with Crippen molar-refractivity contribution in [2.45, 2.75) is 57.8 Å². The first-order chi connectivity index (χ1) is 13.6. The molecule has 4 rings (SSSR count). The number of anilines is 2. The molecule has 1 fully saturated rings. The Hall–Kier alpha value is -2.38. The second-order valence-electron chi connectivity index (χ2n) is 7.28. The van der Waals surface area contributed by atoms with Gasteiger partial charge in [0, 0.05) is 30.2 Å². The van der Waals surface area contributed by atoms with Crippen LogP contribution in [0.25, 0.3) is 11.2 Å². The van der Waals surface area contributed by atoms with Crippen LogP contribution in [-0.4, -0.2) is 31.6 Å². The quantitative estimate of drug-likeness (QED) is 0.583. The molecule has 0 bridgehead atoms. The van der Waals surface area contributed by atoms with E-state index in [9.17, 15) is 0 Å². The highest BCUT2D eigenvalue weighted by Gasteiger charge is 2.23. The molecule has 0 saturated heterocycles. The van der Waals surface area contributed by atoms with Gasteiger partial charge in [0.05, 0.1) is 6.33 Å². The highest BCUT2D eigenvalue weighted by Crippen LogP contribution is 2.24. The molecule has 1 aliphatic carbocycles. The number of benzene rings is 1. The zero-order valence-corrected chi connectivity index (χ0v) is 16.8. The number of aryl methyl sites for hydroxylation is 1. The van der Waals surface area contributed by atoms with E-state index < -0.39 is 0 Å². The molecule has 4 N–H and O–H groups in total. The summed E-state index contributed by atoms with van der Waals surface area (Å²) in [4.78, 5) is 14.0. The molecular formula is C20H26ClN7. The van der Waals surface area contributed by atoms with Crippen molar-refractivity contribution >= 4 is 34.5 Å². The summed E-state index contributed by atoms with van der Waals surface area (Å²) in [6, 6.07) is 8.11. The number of nitrogens with two attached hydrogens (primary N) is 1. The number of halogens is 1. The molecule has 2 heterocycles. The normalized spacial score (nSPS) is 19.7. The number of rotatable bonds is 6. The Kier molecular flexibility index (Phi) is 5.64. The third kappa shape index (κ3) is 4.05. The zero-order chi connectivity index (χ0) is 19.5. The van der Waals surface area contributed by atoms with Gasteiger partial charge >= 0.3 is 0 Å². The number of nitrogens with zero attached hydrogens (tertiary/aromatic N) is 4. The third-order valence-electron chi connectivity index (χ3n) is 5.31. The molecular weight excluding hydrogens is 374 g/mol. The Balaban J connectivity index is 1.61. The first-order valence-corrected chi connectivity index (χ1v) is 10.2. The Morgan fingerprint density at radius 1 is 1.18 bits per heavy atom. The van der Waals surface area contributed by atoms with E-state index in [4.69, 9.17) is 27.3 Å². The lowest BCUT2D eigenvalue weighted by Crippen LogP contribution is -2.43. The third-order valence-corrected chi connectivity index (χ3v) is 5.56. The Bertz CT molecular complexity index is 938. The monoisotopic (exact) mass is 399 g/mol. The lowest BCUT2D eigenvalue weighted by molar-refractivity contribution is 0.402. The second kappa shape index (κ2) is 8.32. The first kappa shape index (κ1) is 19.0. The van der Waals surface area contributed by atoms with E-state index >= 15 is 0 Å². The van der Waals surface area contributed by atoms with Crippen LogP contribution in [-0.2, 0) is 13.1 Å². The summed E-state index contributed by atoms with van der Waals surface area (Å²) in [6.07, 6.45) is 6.26. The maximum Gasteiger partial charge on any atom is 0.227 e. The lowest BCUT2D eigenvalue weighted by Gasteiger charge is -2.29. The Morgan fingerprint density at radius 3 is 2.71 bits per heavy atom. The van der Waals surface area contributed by atoms with E-state index in [0.717, 1.165) is 47.0 Å². The smallest absolute Gasteiger partial charge is 0.227 e. The fourth-order valence-corrected chi connectivity index (χ4v) is 3.78. The molecule has 7 nitrogen and oxygen atoms in total. The molecule has 148 valence electrons. The van der Waals surface area contributed by atoms with E-state index in [-0.39, 0.29) is 12.1 Å². The summed E-state index contributed by atoms with van der Waals surface area (Å²) in [5.74, 6) is 1.32. The molecule has 3 aromatic rings. The van der Waals surface area contributed by atoms with Gasteiger partial charge in [0.1, 0.15) is 0 Å². The lowest BCUT2D eigenvalue weighted by atomic mass is 9.91. The number of imidazole rings is 1.